The van der Waals surface area contributed by atoms with Gasteiger partial charge in [0, 0.05) is 13.2 Å². The second-order valence-corrected chi connectivity index (χ2v) is 4.76. The third kappa shape index (κ3) is 5.94. The van der Waals surface area contributed by atoms with Gasteiger partial charge in [0.2, 0.25) is 0 Å². The van der Waals surface area contributed by atoms with Gasteiger partial charge in [-0.15, -0.1) is 0 Å². The highest BCUT2D eigenvalue weighted by atomic mass is 16.7. The summed E-state index contributed by atoms with van der Waals surface area (Å²) in [5.41, 5.74) is 1.17. The second kappa shape index (κ2) is 8.77. The third-order valence-electron chi connectivity index (χ3n) is 2.61. The van der Waals surface area contributed by atoms with E-state index < -0.39 is 0 Å². The van der Waals surface area contributed by atoms with E-state index in [-0.39, 0.29) is 6.79 Å². The standard InChI is InChI=1S/C15H25NO3/c1-5-18-11-19-15-8-13(6-7-14(15)17-4)10-16-9-12(2)3/h6-8,12,16H,5,9-11H2,1-4H3. The van der Waals surface area contributed by atoms with Crippen molar-refractivity contribution in [2.75, 3.05) is 27.1 Å². The Morgan fingerprint density at radius 3 is 2.63 bits per heavy atom. The molecule has 0 aliphatic heterocycles. The maximum Gasteiger partial charge on any atom is 0.189 e. The first-order chi connectivity index (χ1) is 9.17. The Morgan fingerprint density at radius 2 is 2.00 bits per heavy atom. The Kier molecular flexibility index (Phi) is 7.30. The molecule has 0 saturated carbocycles. The number of hydrogen-bond donors (Lipinski definition) is 1. The van der Waals surface area contributed by atoms with E-state index in [4.69, 9.17) is 14.2 Å². The maximum atomic E-state index is 5.56. The van der Waals surface area contributed by atoms with E-state index in [1.54, 1.807) is 7.11 Å². The van der Waals surface area contributed by atoms with Crippen molar-refractivity contribution in [3.05, 3.63) is 23.8 Å². The van der Waals surface area contributed by atoms with Crippen molar-refractivity contribution in [1.29, 1.82) is 0 Å². The molecule has 0 bridgehead atoms. The Morgan fingerprint density at radius 1 is 1.21 bits per heavy atom. The van der Waals surface area contributed by atoms with Gasteiger partial charge < -0.3 is 19.5 Å². The van der Waals surface area contributed by atoms with Crippen LogP contribution in [-0.4, -0.2) is 27.1 Å². The molecule has 4 nitrogen and oxygen atoms in total. The molecule has 0 radical (unpaired) electrons. The van der Waals surface area contributed by atoms with Gasteiger partial charge in [0.1, 0.15) is 0 Å². The maximum absolute atomic E-state index is 5.56. The van der Waals surface area contributed by atoms with Gasteiger partial charge in [0.05, 0.1) is 7.11 Å². The average molecular weight is 267 g/mol. The highest BCUT2D eigenvalue weighted by molar-refractivity contribution is 5.42. The van der Waals surface area contributed by atoms with E-state index in [0.717, 1.165) is 24.6 Å². The molecule has 0 atom stereocenters. The molecule has 4 heteroatoms. The Labute approximate surface area is 116 Å². The molecule has 0 fully saturated rings. The van der Waals surface area contributed by atoms with Crippen LogP contribution in [0.5, 0.6) is 11.5 Å². The molecule has 19 heavy (non-hydrogen) atoms. The summed E-state index contributed by atoms with van der Waals surface area (Å²) in [4.78, 5) is 0. The Bertz CT molecular complexity index is 366. The van der Waals surface area contributed by atoms with Crippen LogP contribution in [0, 0.1) is 5.92 Å². The van der Waals surface area contributed by atoms with E-state index in [9.17, 15) is 0 Å². The molecule has 1 aromatic carbocycles. The molecule has 1 N–H and O–H groups in total. The van der Waals surface area contributed by atoms with Gasteiger partial charge in [-0.25, -0.2) is 0 Å². The number of ether oxygens (including phenoxy) is 3. The zero-order chi connectivity index (χ0) is 14.1. The van der Waals surface area contributed by atoms with Crippen molar-refractivity contribution in [2.24, 2.45) is 5.92 Å². The molecule has 0 spiro atoms. The van der Waals surface area contributed by atoms with Gasteiger partial charge in [-0.1, -0.05) is 19.9 Å². The molecule has 0 saturated heterocycles. The van der Waals surface area contributed by atoms with Gasteiger partial charge in [0.15, 0.2) is 18.3 Å². The minimum absolute atomic E-state index is 0.246. The lowest BCUT2D eigenvalue weighted by Crippen LogP contribution is -2.19. The summed E-state index contributed by atoms with van der Waals surface area (Å²) >= 11 is 0. The van der Waals surface area contributed by atoms with E-state index >= 15 is 0 Å². The fraction of sp³-hybridized carbons (Fsp3) is 0.600. The molecule has 0 aliphatic rings. The van der Waals surface area contributed by atoms with Crippen LogP contribution in [0.3, 0.4) is 0 Å². The number of nitrogens with one attached hydrogen (secondary N) is 1. The Balaban J connectivity index is 2.60. The summed E-state index contributed by atoms with van der Waals surface area (Å²) < 4.78 is 16.0. The SMILES string of the molecule is CCOCOc1cc(CNCC(C)C)ccc1OC. The highest BCUT2D eigenvalue weighted by Gasteiger charge is 2.06. The van der Waals surface area contributed by atoms with Crippen LogP contribution in [0.2, 0.25) is 0 Å². The summed E-state index contributed by atoms with van der Waals surface area (Å²) in [6.07, 6.45) is 0. The van der Waals surface area contributed by atoms with Crippen LogP contribution in [0.1, 0.15) is 26.3 Å². The predicted molar refractivity (Wildman–Crippen MR) is 76.7 cm³/mol. The molecular weight excluding hydrogens is 242 g/mol. The first kappa shape index (κ1) is 15.8. The second-order valence-electron chi connectivity index (χ2n) is 4.76. The van der Waals surface area contributed by atoms with Crippen LogP contribution < -0.4 is 14.8 Å². The van der Waals surface area contributed by atoms with Crippen molar-refractivity contribution in [1.82, 2.24) is 5.32 Å². The lowest BCUT2D eigenvalue weighted by molar-refractivity contribution is 0.0208. The monoisotopic (exact) mass is 267 g/mol. The topological polar surface area (TPSA) is 39.7 Å². The minimum Gasteiger partial charge on any atom is -0.493 e. The molecular formula is C15H25NO3. The van der Waals surface area contributed by atoms with Crippen LogP contribution in [0.15, 0.2) is 18.2 Å². The van der Waals surface area contributed by atoms with Gasteiger partial charge in [-0.2, -0.15) is 0 Å². The summed E-state index contributed by atoms with van der Waals surface area (Å²) in [5.74, 6) is 2.10. The third-order valence-corrected chi connectivity index (χ3v) is 2.61. The first-order valence-electron chi connectivity index (χ1n) is 6.75. The molecule has 1 rings (SSSR count). The van der Waals surface area contributed by atoms with Gasteiger partial charge in [-0.3, -0.25) is 0 Å². The van der Waals surface area contributed by atoms with Crippen molar-refractivity contribution in [2.45, 2.75) is 27.3 Å². The van der Waals surface area contributed by atoms with E-state index in [0.29, 0.717) is 12.5 Å². The highest BCUT2D eigenvalue weighted by Crippen LogP contribution is 2.28. The van der Waals surface area contributed by atoms with Crippen molar-refractivity contribution in [3.8, 4) is 11.5 Å². The minimum atomic E-state index is 0.246. The normalized spacial score (nSPS) is 10.8. The van der Waals surface area contributed by atoms with Crippen LogP contribution >= 0.6 is 0 Å². The largest absolute Gasteiger partial charge is 0.493 e. The predicted octanol–water partition coefficient (Wildman–Crippen LogP) is 2.81. The average Bonchev–Trinajstić information content (AvgIpc) is 2.39. The number of methoxy groups -OCH3 is 1. The molecule has 0 heterocycles. The lowest BCUT2D eigenvalue weighted by Gasteiger charge is -2.13. The van der Waals surface area contributed by atoms with Gasteiger partial charge in [-0.05, 0) is 37.1 Å². The molecule has 0 aliphatic carbocycles. The summed E-state index contributed by atoms with van der Waals surface area (Å²) in [6, 6.07) is 5.96. The molecule has 0 aromatic heterocycles. The quantitative estimate of drug-likeness (QED) is 0.551. The lowest BCUT2D eigenvalue weighted by atomic mass is 10.2. The van der Waals surface area contributed by atoms with Crippen LogP contribution in [-0.2, 0) is 11.3 Å². The zero-order valence-corrected chi connectivity index (χ0v) is 12.4. The fourth-order valence-corrected chi connectivity index (χ4v) is 1.64. The number of rotatable bonds is 9. The van der Waals surface area contributed by atoms with Gasteiger partial charge >= 0.3 is 0 Å². The molecule has 0 amide bonds. The first-order valence-corrected chi connectivity index (χ1v) is 6.75. The number of benzene rings is 1. The fourth-order valence-electron chi connectivity index (χ4n) is 1.64. The molecule has 0 unspecified atom stereocenters. The Hall–Kier alpha value is -1.26. The van der Waals surface area contributed by atoms with Crippen molar-refractivity contribution < 1.29 is 14.2 Å². The summed E-state index contributed by atoms with van der Waals surface area (Å²) in [7, 11) is 1.64. The van der Waals surface area contributed by atoms with E-state index in [2.05, 4.69) is 19.2 Å². The van der Waals surface area contributed by atoms with E-state index in [1.807, 2.05) is 25.1 Å². The van der Waals surface area contributed by atoms with Gasteiger partial charge in [0.25, 0.3) is 0 Å². The molecule has 1 aromatic rings. The zero-order valence-electron chi connectivity index (χ0n) is 12.4. The molecule has 108 valence electrons. The van der Waals surface area contributed by atoms with Crippen molar-refractivity contribution in [3.63, 3.8) is 0 Å². The summed E-state index contributed by atoms with van der Waals surface area (Å²) in [5, 5.41) is 3.41. The van der Waals surface area contributed by atoms with Crippen LogP contribution in [0.25, 0.3) is 0 Å². The number of hydrogen-bond acceptors (Lipinski definition) is 4. The van der Waals surface area contributed by atoms with Crippen LogP contribution in [0.4, 0.5) is 0 Å². The van der Waals surface area contributed by atoms with E-state index in [1.165, 1.54) is 5.56 Å². The van der Waals surface area contributed by atoms with Crippen molar-refractivity contribution >= 4 is 0 Å². The summed E-state index contributed by atoms with van der Waals surface area (Å²) in [6.45, 7) is 9.03. The smallest absolute Gasteiger partial charge is 0.189 e.